The fourth-order valence-electron chi connectivity index (χ4n) is 4.67. The first-order chi connectivity index (χ1) is 14.1. The molecule has 2 aliphatic rings. The third kappa shape index (κ3) is 4.02. The molecular weight excluding hydrogens is 376 g/mol. The lowest BCUT2D eigenvalue weighted by Gasteiger charge is -2.20. The van der Waals surface area contributed by atoms with Crippen molar-refractivity contribution < 1.29 is 28.2 Å². The van der Waals surface area contributed by atoms with Crippen molar-refractivity contribution in [2.75, 3.05) is 21.3 Å². The molecule has 3 atom stereocenters. The average molecular weight is 402 g/mol. The van der Waals surface area contributed by atoms with Crippen molar-refractivity contribution in [3.05, 3.63) is 18.0 Å². The Bertz CT molecular complexity index is 855. The summed E-state index contributed by atoms with van der Waals surface area (Å²) in [6.07, 6.45) is 5.49. The highest BCUT2D eigenvalue weighted by Gasteiger charge is 2.40. The highest BCUT2D eigenvalue weighted by atomic mass is 16.5. The number of hydrogen-bond donors (Lipinski definition) is 0. The molecule has 0 aliphatic heterocycles. The molecule has 8 heteroatoms. The summed E-state index contributed by atoms with van der Waals surface area (Å²) in [5.74, 6) is 3.76. The van der Waals surface area contributed by atoms with Crippen LogP contribution in [0.1, 0.15) is 38.0 Å². The first-order valence-corrected chi connectivity index (χ1v) is 9.89. The van der Waals surface area contributed by atoms with Gasteiger partial charge in [-0.25, -0.2) is 0 Å². The van der Waals surface area contributed by atoms with Crippen LogP contribution >= 0.6 is 0 Å². The molecule has 0 amide bonds. The summed E-state index contributed by atoms with van der Waals surface area (Å²) in [5.41, 5.74) is 0.617. The second kappa shape index (κ2) is 8.31. The van der Waals surface area contributed by atoms with Gasteiger partial charge in [0.15, 0.2) is 18.1 Å². The molecule has 156 valence electrons. The molecular formula is C21H26N2O6. The standard InChI is InChI=1S/C21H26N2O6/c1-25-16-8-15(9-17(26-2)20(16)27-3)21-23-22-18(29-21)11-28-19(24)10-14-7-12-4-5-13(14)6-12/h8-9,12-14H,4-7,10-11H2,1-3H3/t12-,13+,14-/m0/s1. The number of rotatable bonds is 8. The lowest BCUT2D eigenvalue weighted by molar-refractivity contribution is -0.147. The molecule has 1 aromatic carbocycles. The van der Waals surface area contributed by atoms with Crippen molar-refractivity contribution in [3.63, 3.8) is 0 Å². The molecule has 0 unspecified atom stereocenters. The highest BCUT2D eigenvalue weighted by Crippen LogP contribution is 2.49. The van der Waals surface area contributed by atoms with Gasteiger partial charge in [0.05, 0.1) is 21.3 Å². The Balaban J connectivity index is 1.39. The van der Waals surface area contributed by atoms with Crippen molar-refractivity contribution in [2.45, 2.75) is 38.7 Å². The number of benzene rings is 1. The van der Waals surface area contributed by atoms with Crippen LogP contribution in [-0.4, -0.2) is 37.5 Å². The quantitative estimate of drug-likeness (QED) is 0.618. The van der Waals surface area contributed by atoms with Gasteiger partial charge in [0.1, 0.15) is 0 Å². The summed E-state index contributed by atoms with van der Waals surface area (Å²) < 4.78 is 27.0. The van der Waals surface area contributed by atoms with Gasteiger partial charge in [-0.05, 0) is 49.1 Å². The van der Waals surface area contributed by atoms with Crippen LogP contribution < -0.4 is 14.2 Å². The number of esters is 1. The van der Waals surface area contributed by atoms with Gasteiger partial charge < -0.3 is 23.4 Å². The van der Waals surface area contributed by atoms with Crippen LogP contribution in [0.25, 0.3) is 11.5 Å². The SMILES string of the molecule is COc1cc(-c2nnc(COC(=O)C[C@@H]3C[C@H]4CC[C@@H]3C4)o2)cc(OC)c1OC. The van der Waals surface area contributed by atoms with Crippen LogP contribution in [0.3, 0.4) is 0 Å². The van der Waals surface area contributed by atoms with E-state index in [-0.39, 0.29) is 24.4 Å². The fraction of sp³-hybridized carbons (Fsp3) is 0.571. The van der Waals surface area contributed by atoms with Gasteiger partial charge in [0.2, 0.25) is 11.6 Å². The summed E-state index contributed by atoms with van der Waals surface area (Å²) in [7, 11) is 4.61. The van der Waals surface area contributed by atoms with Gasteiger partial charge in [-0.2, -0.15) is 0 Å². The second-order valence-electron chi connectivity index (χ2n) is 7.71. The molecule has 1 heterocycles. The third-order valence-electron chi connectivity index (χ3n) is 6.05. The van der Waals surface area contributed by atoms with Crippen LogP contribution in [0.5, 0.6) is 17.2 Å². The number of ether oxygens (including phenoxy) is 4. The predicted molar refractivity (Wildman–Crippen MR) is 103 cm³/mol. The monoisotopic (exact) mass is 402 g/mol. The minimum atomic E-state index is -0.199. The number of fused-ring (bicyclic) bond motifs is 2. The maximum atomic E-state index is 12.2. The van der Waals surface area contributed by atoms with Crippen molar-refractivity contribution in [3.8, 4) is 28.7 Å². The van der Waals surface area contributed by atoms with E-state index < -0.39 is 0 Å². The molecule has 29 heavy (non-hydrogen) atoms. The number of aromatic nitrogens is 2. The Morgan fingerprint density at radius 2 is 1.83 bits per heavy atom. The third-order valence-corrected chi connectivity index (χ3v) is 6.05. The number of methoxy groups -OCH3 is 3. The predicted octanol–water partition coefficient (Wildman–Crippen LogP) is 3.63. The van der Waals surface area contributed by atoms with Gasteiger partial charge in [-0.15, -0.1) is 10.2 Å². The zero-order chi connectivity index (χ0) is 20.4. The first-order valence-electron chi connectivity index (χ1n) is 9.89. The Hall–Kier alpha value is -2.77. The van der Waals surface area contributed by atoms with Crippen molar-refractivity contribution in [1.29, 1.82) is 0 Å². The normalized spacial score (nSPS) is 22.5. The Morgan fingerprint density at radius 1 is 1.07 bits per heavy atom. The van der Waals surface area contributed by atoms with Crippen LogP contribution in [0.2, 0.25) is 0 Å². The highest BCUT2D eigenvalue weighted by molar-refractivity contribution is 5.69. The number of carbonyl (C=O) groups is 1. The zero-order valence-corrected chi connectivity index (χ0v) is 17.0. The van der Waals surface area contributed by atoms with E-state index in [0.29, 0.717) is 41.1 Å². The maximum Gasteiger partial charge on any atom is 0.306 e. The minimum absolute atomic E-state index is 0.0307. The first kappa shape index (κ1) is 19.5. The Morgan fingerprint density at radius 3 is 2.41 bits per heavy atom. The summed E-state index contributed by atoms with van der Waals surface area (Å²) in [6, 6.07) is 3.44. The van der Waals surface area contributed by atoms with Crippen molar-refractivity contribution >= 4 is 5.97 Å². The molecule has 2 bridgehead atoms. The van der Waals surface area contributed by atoms with E-state index >= 15 is 0 Å². The van der Waals surface area contributed by atoms with Gasteiger partial charge in [0, 0.05) is 12.0 Å². The number of nitrogens with zero attached hydrogens (tertiary/aromatic N) is 2. The minimum Gasteiger partial charge on any atom is -0.493 e. The lowest BCUT2D eigenvalue weighted by Crippen LogP contribution is -2.17. The van der Waals surface area contributed by atoms with E-state index in [0.717, 1.165) is 12.3 Å². The summed E-state index contributed by atoms with van der Waals surface area (Å²) in [6.45, 7) is -0.0307. The van der Waals surface area contributed by atoms with E-state index in [1.807, 2.05) is 0 Å². The molecule has 2 saturated carbocycles. The number of hydrogen-bond acceptors (Lipinski definition) is 8. The lowest BCUT2D eigenvalue weighted by atomic mass is 9.86. The summed E-state index contributed by atoms with van der Waals surface area (Å²) in [5, 5.41) is 8.03. The van der Waals surface area contributed by atoms with Crippen LogP contribution in [0, 0.1) is 17.8 Å². The van der Waals surface area contributed by atoms with Gasteiger partial charge >= 0.3 is 5.97 Å². The smallest absolute Gasteiger partial charge is 0.306 e. The van der Waals surface area contributed by atoms with Crippen molar-refractivity contribution in [2.24, 2.45) is 17.8 Å². The molecule has 2 aromatic rings. The molecule has 0 spiro atoms. The number of carbonyl (C=O) groups excluding carboxylic acids is 1. The second-order valence-corrected chi connectivity index (χ2v) is 7.71. The molecule has 0 N–H and O–H groups in total. The summed E-state index contributed by atoms with van der Waals surface area (Å²) >= 11 is 0. The van der Waals surface area contributed by atoms with E-state index in [1.54, 1.807) is 12.1 Å². The van der Waals surface area contributed by atoms with Crippen LogP contribution in [0.15, 0.2) is 16.5 Å². The Labute approximate surface area is 169 Å². The van der Waals surface area contributed by atoms with Gasteiger partial charge in [-0.1, -0.05) is 6.42 Å². The van der Waals surface area contributed by atoms with E-state index in [2.05, 4.69) is 10.2 Å². The van der Waals surface area contributed by atoms with Crippen LogP contribution in [-0.2, 0) is 16.1 Å². The Kier molecular flexibility index (Phi) is 5.60. The average Bonchev–Trinajstić information content (AvgIpc) is 3.48. The van der Waals surface area contributed by atoms with E-state index in [1.165, 1.54) is 40.6 Å². The van der Waals surface area contributed by atoms with Crippen LogP contribution in [0.4, 0.5) is 0 Å². The molecule has 4 rings (SSSR count). The molecule has 2 fully saturated rings. The van der Waals surface area contributed by atoms with Gasteiger partial charge in [-0.3, -0.25) is 4.79 Å². The van der Waals surface area contributed by atoms with E-state index in [9.17, 15) is 4.79 Å². The molecule has 0 radical (unpaired) electrons. The molecule has 1 aromatic heterocycles. The van der Waals surface area contributed by atoms with E-state index in [4.69, 9.17) is 23.4 Å². The topological polar surface area (TPSA) is 92.9 Å². The summed E-state index contributed by atoms with van der Waals surface area (Å²) in [4.78, 5) is 12.2. The largest absolute Gasteiger partial charge is 0.493 e. The molecule has 8 nitrogen and oxygen atoms in total. The van der Waals surface area contributed by atoms with Gasteiger partial charge in [0.25, 0.3) is 5.89 Å². The zero-order valence-electron chi connectivity index (χ0n) is 17.0. The van der Waals surface area contributed by atoms with Crippen molar-refractivity contribution in [1.82, 2.24) is 10.2 Å². The molecule has 0 saturated heterocycles. The molecule has 2 aliphatic carbocycles. The fourth-order valence-corrected chi connectivity index (χ4v) is 4.67. The maximum absolute atomic E-state index is 12.2.